The van der Waals surface area contributed by atoms with Crippen molar-refractivity contribution in [3.05, 3.63) is 0 Å². The summed E-state index contributed by atoms with van der Waals surface area (Å²) in [5.74, 6) is 2.96. The van der Waals surface area contributed by atoms with E-state index in [1.54, 1.807) is 0 Å². The summed E-state index contributed by atoms with van der Waals surface area (Å²) in [6.07, 6.45) is 17.7. The van der Waals surface area contributed by atoms with Gasteiger partial charge in [-0.1, -0.05) is 33.1 Å². The Morgan fingerprint density at radius 2 is 1.26 bits per heavy atom. The maximum atomic E-state index is 11.7. The van der Waals surface area contributed by atoms with E-state index < -0.39 is 0 Å². The van der Waals surface area contributed by atoms with Crippen LogP contribution in [0.3, 0.4) is 0 Å². The molecule has 34 heavy (non-hydrogen) atoms. The number of hydrogen-bond acceptors (Lipinski definition) is 4. The van der Waals surface area contributed by atoms with Gasteiger partial charge in [-0.05, 0) is 131 Å². The molecule has 0 bridgehead atoms. The van der Waals surface area contributed by atoms with Gasteiger partial charge in [0.1, 0.15) is 0 Å². The Morgan fingerprint density at radius 3 is 1.94 bits per heavy atom. The van der Waals surface area contributed by atoms with E-state index in [1.807, 2.05) is 0 Å². The van der Waals surface area contributed by atoms with Crippen molar-refractivity contribution in [2.75, 3.05) is 26.2 Å². The van der Waals surface area contributed by atoms with Crippen LogP contribution in [0, 0.1) is 34.5 Å². The van der Waals surface area contributed by atoms with Crippen LogP contribution in [0.25, 0.3) is 0 Å². The number of aliphatic hydroxyl groups excluding tert-OH is 2. The van der Waals surface area contributed by atoms with Crippen molar-refractivity contribution in [1.82, 2.24) is 9.80 Å². The van der Waals surface area contributed by atoms with E-state index in [0.29, 0.717) is 29.3 Å². The molecular formula is C30H52N2O2. The molecule has 5 unspecified atom stereocenters. The summed E-state index contributed by atoms with van der Waals surface area (Å²) < 4.78 is 0. The van der Waals surface area contributed by atoms with Crippen molar-refractivity contribution >= 4 is 0 Å². The van der Waals surface area contributed by atoms with Crippen LogP contribution in [-0.2, 0) is 0 Å². The maximum absolute atomic E-state index is 11.7. The lowest BCUT2D eigenvalue weighted by atomic mass is 9.44. The van der Waals surface area contributed by atoms with Gasteiger partial charge in [0.2, 0.25) is 0 Å². The molecule has 0 aromatic rings. The second kappa shape index (κ2) is 9.30. The maximum Gasteiger partial charge on any atom is 0.0751 e. The van der Waals surface area contributed by atoms with Crippen molar-refractivity contribution in [2.24, 2.45) is 34.5 Å². The molecule has 4 saturated carbocycles. The van der Waals surface area contributed by atoms with Crippen LogP contribution in [0.15, 0.2) is 0 Å². The molecule has 2 aliphatic heterocycles. The molecule has 0 radical (unpaired) electrons. The topological polar surface area (TPSA) is 46.9 Å². The quantitative estimate of drug-likeness (QED) is 0.589. The van der Waals surface area contributed by atoms with Crippen molar-refractivity contribution in [3.8, 4) is 0 Å². The van der Waals surface area contributed by atoms with Gasteiger partial charge in [0.05, 0.1) is 12.2 Å². The van der Waals surface area contributed by atoms with E-state index in [2.05, 4.69) is 23.6 Å². The van der Waals surface area contributed by atoms with Gasteiger partial charge in [-0.25, -0.2) is 0 Å². The Kier molecular flexibility index (Phi) is 6.62. The molecule has 4 aliphatic carbocycles. The molecule has 0 aromatic carbocycles. The fourth-order valence-corrected chi connectivity index (χ4v) is 10.7. The van der Waals surface area contributed by atoms with Crippen LogP contribution in [0.2, 0.25) is 0 Å². The van der Waals surface area contributed by atoms with Crippen molar-refractivity contribution in [2.45, 2.75) is 128 Å². The highest BCUT2D eigenvalue weighted by Crippen LogP contribution is 2.66. The average Bonchev–Trinajstić information content (AvgIpc) is 3.00. The number of likely N-dealkylation sites (tertiary alicyclic amines) is 2. The molecule has 6 aliphatic rings. The van der Waals surface area contributed by atoms with Crippen molar-refractivity contribution in [3.63, 3.8) is 0 Å². The molecule has 0 spiro atoms. The predicted molar refractivity (Wildman–Crippen MR) is 138 cm³/mol. The Hall–Kier alpha value is -0.160. The lowest BCUT2D eigenvalue weighted by Crippen LogP contribution is -2.60. The third-order valence-electron chi connectivity index (χ3n) is 12.6. The highest BCUT2D eigenvalue weighted by atomic mass is 16.3. The zero-order valence-corrected chi connectivity index (χ0v) is 22.1. The Morgan fingerprint density at radius 1 is 0.647 bits per heavy atom. The average molecular weight is 473 g/mol. The number of fused-ring (bicyclic) bond motifs is 5. The number of rotatable bonds is 2. The summed E-state index contributed by atoms with van der Waals surface area (Å²) in [4.78, 5) is 5.37. The van der Waals surface area contributed by atoms with E-state index in [-0.39, 0.29) is 17.6 Å². The third-order valence-corrected chi connectivity index (χ3v) is 12.6. The van der Waals surface area contributed by atoms with Gasteiger partial charge < -0.3 is 10.2 Å². The molecule has 4 heteroatoms. The monoisotopic (exact) mass is 472 g/mol. The lowest BCUT2D eigenvalue weighted by Gasteiger charge is -2.62. The fraction of sp³-hybridized carbons (Fsp3) is 1.00. The van der Waals surface area contributed by atoms with Crippen LogP contribution in [0.5, 0.6) is 0 Å². The van der Waals surface area contributed by atoms with E-state index >= 15 is 0 Å². The second-order valence-electron chi connectivity index (χ2n) is 14.1. The van der Waals surface area contributed by atoms with Gasteiger partial charge in [-0.2, -0.15) is 0 Å². The predicted octanol–water partition coefficient (Wildman–Crippen LogP) is 5.07. The Labute approximate surface area is 208 Å². The molecule has 0 amide bonds. The summed E-state index contributed by atoms with van der Waals surface area (Å²) in [5.41, 5.74) is 0.485. The molecule has 6 rings (SSSR count). The zero-order chi connectivity index (χ0) is 23.5. The van der Waals surface area contributed by atoms with Crippen LogP contribution >= 0.6 is 0 Å². The Bertz CT molecular complexity index is 717. The number of aliphatic hydroxyl groups is 2. The van der Waals surface area contributed by atoms with Gasteiger partial charge in [-0.15, -0.1) is 0 Å². The number of nitrogens with zero attached hydrogens (tertiary/aromatic N) is 2. The summed E-state index contributed by atoms with van der Waals surface area (Å²) in [5, 5.41) is 23.0. The molecule has 4 nitrogen and oxygen atoms in total. The summed E-state index contributed by atoms with van der Waals surface area (Å²) in [6, 6.07) is 0.777. The minimum atomic E-state index is -0.142. The SMILES string of the molecule is C[C@]12CC(N3CCCCC3)C(O)CC1CC[C@@H]1[C@H]2CC[C@]2(C)C(O)C(N3CCCCCC3)C[C@@H]12. The van der Waals surface area contributed by atoms with Gasteiger partial charge in [0, 0.05) is 12.1 Å². The molecule has 6 fully saturated rings. The lowest BCUT2D eigenvalue weighted by molar-refractivity contribution is -0.154. The normalized spacial score (nSPS) is 52.9. The van der Waals surface area contributed by atoms with Crippen LogP contribution in [-0.4, -0.2) is 70.5 Å². The second-order valence-corrected chi connectivity index (χ2v) is 14.1. The Balaban J connectivity index is 1.23. The van der Waals surface area contributed by atoms with Crippen LogP contribution in [0.1, 0.15) is 104 Å². The summed E-state index contributed by atoms with van der Waals surface area (Å²) in [6.45, 7) is 9.90. The first-order valence-corrected chi connectivity index (χ1v) is 15.3. The first-order valence-electron chi connectivity index (χ1n) is 15.3. The van der Waals surface area contributed by atoms with Gasteiger partial charge in [0.15, 0.2) is 0 Å². The minimum Gasteiger partial charge on any atom is -0.391 e. The van der Waals surface area contributed by atoms with Gasteiger partial charge >= 0.3 is 0 Å². The van der Waals surface area contributed by atoms with Crippen molar-refractivity contribution < 1.29 is 10.2 Å². The first kappa shape index (κ1) is 24.2. The molecule has 0 aromatic heterocycles. The van der Waals surface area contributed by atoms with Crippen molar-refractivity contribution in [1.29, 1.82) is 0 Å². The summed E-state index contributed by atoms with van der Waals surface area (Å²) >= 11 is 0. The molecule has 2 saturated heterocycles. The highest BCUT2D eigenvalue weighted by Gasteiger charge is 2.63. The largest absolute Gasteiger partial charge is 0.391 e. The van der Waals surface area contributed by atoms with Crippen LogP contribution in [0.4, 0.5) is 0 Å². The fourth-order valence-electron chi connectivity index (χ4n) is 10.7. The standard InChI is InChI=1S/C30H52N2O2/c1-29-13-12-23-22(24(29)19-25(28(29)34)31-14-6-3-4-7-15-31)11-10-21-18-27(33)26(20-30(21,23)2)32-16-8-5-9-17-32/h21-28,33-34H,3-20H2,1-2H3/t21?,22-,23-,24+,25?,26?,27?,28?,29+,30+/m1/s1. The minimum absolute atomic E-state index is 0.113. The zero-order valence-electron chi connectivity index (χ0n) is 22.1. The van der Waals surface area contributed by atoms with Gasteiger partial charge in [0.25, 0.3) is 0 Å². The molecular weight excluding hydrogens is 420 g/mol. The van der Waals surface area contributed by atoms with E-state index in [1.165, 1.54) is 110 Å². The van der Waals surface area contributed by atoms with Gasteiger partial charge in [-0.3, -0.25) is 9.80 Å². The van der Waals surface area contributed by atoms with E-state index in [0.717, 1.165) is 18.3 Å². The third kappa shape index (κ3) is 3.84. The number of hydrogen-bond donors (Lipinski definition) is 2. The molecule has 2 heterocycles. The van der Waals surface area contributed by atoms with E-state index in [9.17, 15) is 10.2 Å². The smallest absolute Gasteiger partial charge is 0.0751 e. The van der Waals surface area contributed by atoms with E-state index in [4.69, 9.17) is 0 Å². The number of piperidine rings is 1. The highest BCUT2D eigenvalue weighted by molar-refractivity contribution is 5.14. The van der Waals surface area contributed by atoms with Crippen LogP contribution < -0.4 is 0 Å². The molecule has 2 N–H and O–H groups in total. The molecule has 10 atom stereocenters. The molecule has 194 valence electrons. The first-order chi connectivity index (χ1) is 16.4. The summed E-state index contributed by atoms with van der Waals surface area (Å²) in [7, 11) is 0.